The lowest BCUT2D eigenvalue weighted by molar-refractivity contribution is -0.136. The Morgan fingerprint density at radius 1 is 1.00 bits per heavy atom. The fourth-order valence-corrected chi connectivity index (χ4v) is 4.93. The maximum absolute atomic E-state index is 13.2. The number of fused-ring (bicyclic) bond motifs is 1. The quantitative estimate of drug-likeness (QED) is 0.537. The second-order valence-corrected chi connectivity index (χ2v) is 8.84. The van der Waals surface area contributed by atoms with Gasteiger partial charge in [0.15, 0.2) is 0 Å². The average Bonchev–Trinajstić information content (AvgIpc) is 2.90. The first-order valence-electron chi connectivity index (χ1n) is 10.7. The predicted octanol–water partition coefficient (Wildman–Crippen LogP) is 4.54. The van der Waals surface area contributed by atoms with Crippen molar-refractivity contribution >= 4 is 23.2 Å². The van der Waals surface area contributed by atoms with E-state index in [9.17, 15) is 9.59 Å². The van der Waals surface area contributed by atoms with Gasteiger partial charge in [0.2, 0.25) is 0 Å². The smallest absolute Gasteiger partial charge is 0.147 e. The number of benzene rings is 2. The Hall–Kier alpha value is -1.97. The van der Waals surface area contributed by atoms with Crippen molar-refractivity contribution in [3.8, 4) is 0 Å². The van der Waals surface area contributed by atoms with E-state index in [1.807, 2.05) is 24.3 Å². The first kappa shape index (κ1) is 20.3. The Bertz CT molecular complexity index is 872. The van der Waals surface area contributed by atoms with E-state index in [0.717, 1.165) is 56.4 Å². The van der Waals surface area contributed by atoms with Crippen LogP contribution in [0.1, 0.15) is 36.0 Å². The summed E-state index contributed by atoms with van der Waals surface area (Å²) in [5.74, 6) is -0.164. The molecule has 4 heteroatoms. The summed E-state index contributed by atoms with van der Waals surface area (Å²) in [6.07, 6.45) is 4.54. The molecule has 152 valence electrons. The molecule has 0 spiro atoms. The lowest BCUT2D eigenvalue weighted by Crippen LogP contribution is -2.40. The van der Waals surface area contributed by atoms with Crippen molar-refractivity contribution in [2.45, 2.75) is 38.5 Å². The summed E-state index contributed by atoms with van der Waals surface area (Å²) in [5.41, 5.74) is 3.51. The highest BCUT2D eigenvalue weighted by molar-refractivity contribution is 6.30. The van der Waals surface area contributed by atoms with Crippen LogP contribution in [-0.2, 0) is 28.9 Å². The van der Waals surface area contributed by atoms with Crippen molar-refractivity contribution in [1.29, 1.82) is 0 Å². The van der Waals surface area contributed by atoms with Crippen molar-refractivity contribution in [2.24, 2.45) is 11.8 Å². The lowest BCUT2D eigenvalue weighted by atomic mass is 9.81. The minimum atomic E-state index is -0.443. The second-order valence-electron chi connectivity index (χ2n) is 8.40. The van der Waals surface area contributed by atoms with Gasteiger partial charge in [-0.15, -0.1) is 0 Å². The summed E-state index contributed by atoms with van der Waals surface area (Å²) in [6.45, 7) is 2.92. The minimum Gasteiger partial charge on any atom is -0.303 e. The molecule has 1 fully saturated rings. The monoisotopic (exact) mass is 409 g/mol. The molecule has 0 bridgehead atoms. The predicted molar refractivity (Wildman–Crippen MR) is 116 cm³/mol. The SMILES string of the molecule is O=C1Cc2cc(Cl)ccc2CCC1C(=O)C1CCN(CCc2ccccc2)CC1. The van der Waals surface area contributed by atoms with E-state index in [1.165, 1.54) is 5.56 Å². The van der Waals surface area contributed by atoms with Gasteiger partial charge in [-0.05, 0) is 74.0 Å². The molecule has 1 saturated heterocycles. The fraction of sp³-hybridized carbons (Fsp3) is 0.440. The zero-order valence-corrected chi connectivity index (χ0v) is 17.5. The molecule has 4 rings (SSSR count). The molecular formula is C25H28ClNO2. The maximum atomic E-state index is 13.2. The third-order valence-corrected chi connectivity index (χ3v) is 6.75. The van der Waals surface area contributed by atoms with Gasteiger partial charge in [-0.3, -0.25) is 9.59 Å². The number of rotatable bonds is 5. The minimum absolute atomic E-state index is 0.0294. The number of hydrogen-bond donors (Lipinski definition) is 0. The zero-order chi connectivity index (χ0) is 20.2. The summed E-state index contributed by atoms with van der Waals surface area (Å²) < 4.78 is 0. The lowest BCUT2D eigenvalue weighted by Gasteiger charge is -2.32. The Morgan fingerprint density at radius 2 is 1.76 bits per heavy atom. The van der Waals surface area contributed by atoms with Crippen molar-refractivity contribution in [3.63, 3.8) is 0 Å². The number of likely N-dealkylation sites (tertiary alicyclic amines) is 1. The molecule has 0 radical (unpaired) electrons. The zero-order valence-electron chi connectivity index (χ0n) is 16.8. The van der Waals surface area contributed by atoms with Gasteiger partial charge in [-0.25, -0.2) is 0 Å². The Kier molecular flexibility index (Phi) is 6.46. The van der Waals surface area contributed by atoms with Crippen molar-refractivity contribution in [3.05, 3.63) is 70.2 Å². The van der Waals surface area contributed by atoms with E-state index in [1.54, 1.807) is 0 Å². The molecule has 1 heterocycles. The fourth-order valence-electron chi connectivity index (χ4n) is 4.73. The summed E-state index contributed by atoms with van der Waals surface area (Å²) >= 11 is 6.09. The number of carbonyl (C=O) groups excluding carboxylic acids is 2. The molecule has 2 aromatic carbocycles. The maximum Gasteiger partial charge on any atom is 0.147 e. The molecule has 29 heavy (non-hydrogen) atoms. The molecule has 0 aromatic heterocycles. The molecule has 1 unspecified atom stereocenters. The van der Waals surface area contributed by atoms with E-state index in [0.29, 0.717) is 17.9 Å². The third kappa shape index (κ3) is 4.96. The van der Waals surface area contributed by atoms with Crippen LogP contribution >= 0.6 is 11.6 Å². The molecular weight excluding hydrogens is 382 g/mol. The van der Waals surface area contributed by atoms with Crippen molar-refractivity contribution < 1.29 is 9.59 Å². The molecule has 2 aliphatic rings. The number of ketones is 2. The molecule has 0 N–H and O–H groups in total. The standard InChI is InChI=1S/C25H28ClNO2/c26-22-8-6-19-7-9-23(24(28)17-21(19)16-22)25(29)20-11-14-27(15-12-20)13-10-18-4-2-1-3-5-18/h1-6,8,16,20,23H,7,9-15,17H2. The molecule has 1 aliphatic heterocycles. The number of Topliss-reactive ketones (excluding diaryl/α,β-unsaturated/α-hetero) is 2. The van der Waals surface area contributed by atoms with Crippen LogP contribution in [0.25, 0.3) is 0 Å². The molecule has 3 nitrogen and oxygen atoms in total. The normalized spacial score (nSPS) is 20.9. The van der Waals surface area contributed by atoms with Crippen LogP contribution in [0.2, 0.25) is 5.02 Å². The molecule has 1 aliphatic carbocycles. The number of aryl methyl sites for hydroxylation is 1. The van der Waals surface area contributed by atoms with Gasteiger partial charge in [0.25, 0.3) is 0 Å². The summed E-state index contributed by atoms with van der Waals surface area (Å²) in [5, 5.41) is 0.657. The number of hydrogen-bond acceptors (Lipinski definition) is 3. The summed E-state index contributed by atoms with van der Waals surface area (Å²) in [4.78, 5) is 28.4. The van der Waals surface area contributed by atoms with Crippen LogP contribution < -0.4 is 0 Å². The largest absolute Gasteiger partial charge is 0.303 e. The van der Waals surface area contributed by atoms with Crippen LogP contribution in [0.5, 0.6) is 0 Å². The van der Waals surface area contributed by atoms with Gasteiger partial charge < -0.3 is 4.90 Å². The molecule has 0 saturated carbocycles. The summed E-state index contributed by atoms with van der Waals surface area (Å²) in [7, 11) is 0. The van der Waals surface area contributed by atoms with Gasteiger partial charge in [0.1, 0.15) is 11.6 Å². The van der Waals surface area contributed by atoms with Crippen LogP contribution in [0, 0.1) is 11.8 Å². The topological polar surface area (TPSA) is 37.4 Å². The van der Waals surface area contributed by atoms with Crippen LogP contribution in [-0.4, -0.2) is 36.1 Å². The van der Waals surface area contributed by atoms with Crippen LogP contribution in [0.4, 0.5) is 0 Å². The van der Waals surface area contributed by atoms with Crippen molar-refractivity contribution in [1.82, 2.24) is 4.90 Å². The van der Waals surface area contributed by atoms with E-state index < -0.39 is 5.92 Å². The summed E-state index contributed by atoms with van der Waals surface area (Å²) in [6, 6.07) is 16.3. The third-order valence-electron chi connectivity index (χ3n) is 6.52. The highest BCUT2D eigenvalue weighted by Gasteiger charge is 2.35. The van der Waals surface area contributed by atoms with Gasteiger partial charge in [-0.1, -0.05) is 48.0 Å². The Balaban J connectivity index is 1.31. The average molecular weight is 410 g/mol. The van der Waals surface area contributed by atoms with E-state index >= 15 is 0 Å². The van der Waals surface area contributed by atoms with Gasteiger partial charge in [-0.2, -0.15) is 0 Å². The van der Waals surface area contributed by atoms with Gasteiger partial charge >= 0.3 is 0 Å². The van der Waals surface area contributed by atoms with Gasteiger partial charge in [0, 0.05) is 23.9 Å². The molecule has 2 aromatic rings. The Labute approximate surface area is 178 Å². The number of halogens is 1. The van der Waals surface area contributed by atoms with Crippen molar-refractivity contribution in [2.75, 3.05) is 19.6 Å². The van der Waals surface area contributed by atoms with E-state index in [2.05, 4.69) is 29.2 Å². The number of piperidine rings is 1. The van der Waals surface area contributed by atoms with Crippen LogP contribution in [0.15, 0.2) is 48.5 Å². The first-order chi connectivity index (χ1) is 14.1. The highest BCUT2D eigenvalue weighted by Crippen LogP contribution is 2.29. The van der Waals surface area contributed by atoms with E-state index in [-0.39, 0.29) is 17.5 Å². The molecule has 0 amide bonds. The second kappa shape index (κ2) is 9.23. The first-order valence-corrected chi connectivity index (χ1v) is 11.1. The van der Waals surface area contributed by atoms with E-state index in [4.69, 9.17) is 11.6 Å². The number of nitrogens with zero attached hydrogens (tertiary/aromatic N) is 1. The van der Waals surface area contributed by atoms with Crippen LogP contribution in [0.3, 0.4) is 0 Å². The number of carbonyl (C=O) groups is 2. The highest BCUT2D eigenvalue weighted by atomic mass is 35.5. The van der Waals surface area contributed by atoms with Gasteiger partial charge in [0.05, 0.1) is 5.92 Å². The molecule has 1 atom stereocenters. The Morgan fingerprint density at radius 3 is 2.52 bits per heavy atom.